The maximum absolute atomic E-state index is 12.6. The van der Waals surface area contributed by atoms with Crippen LogP contribution in [-0.4, -0.2) is 31.5 Å². The van der Waals surface area contributed by atoms with Crippen molar-refractivity contribution < 1.29 is 18.3 Å². The smallest absolute Gasteiger partial charge is 0.268 e. The van der Waals surface area contributed by atoms with E-state index in [4.69, 9.17) is 16.7 Å². The summed E-state index contributed by atoms with van der Waals surface area (Å²) >= 11 is 5.98. The van der Waals surface area contributed by atoms with Crippen LogP contribution in [0.5, 0.6) is 0 Å². The third-order valence-electron chi connectivity index (χ3n) is 6.69. The van der Waals surface area contributed by atoms with Gasteiger partial charge in [-0.3, -0.25) is 9.78 Å². The molecule has 0 saturated heterocycles. The number of hydrogen-bond donors (Lipinski definition) is 2. The van der Waals surface area contributed by atoms with Crippen molar-refractivity contribution in [3.8, 4) is 11.1 Å². The van der Waals surface area contributed by atoms with Crippen LogP contribution in [-0.2, 0) is 20.4 Å². The number of anilines is 1. The van der Waals surface area contributed by atoms with E-state index < -0.39 is 21.5 Å². The number of rotatable bonds is 3. The number of halogens is 1. The minimum atomic E-state index is -3.85. The van der Waals surface area contributed by atoms with E-state index in [2.05, 4.69) is 47.4 Å². The fourth-order valence-corrected chi connectivity index (χ4v) is 5.32. The molecule has 0 saturated carbocycles. The zero-order valence-corrected chi connectivity index (χ0v) is 24.4. The summed E-state index contributed by atoms with van der Waals surface area (Å²) in [4.78, 5) is 17.8. The zero-order chi connectivity index (χ0) is 29.8. The van der Waals surface area contributed by atoms with Crippen LogP contribution in [0.1, 0.15) is 25.0 Å². The van der Waals surface area contributed by atoms with E-state index in [9.17, 15) is 18.3 Å². The predicted molar refractivity (Wildman–Crippen MR) is 164 cm³/mol. The first-order valence-corrected chi connectivity index (χ1v) is 14.8. The lowest BCUT2D eigenvalue weighted by molar-refractivity contribution is -0.131. The van der Waals surface area contributed by atoms with Crippen molar-refractivity contribution in [3.63, 3.8) is 0 Å². The number of hydrogen-bond acceptors (Lipinski definition) is 5. The second-order valence-corrected chi connectivity index (χ2v) is 11.1. The van der Waals surface area contributed by atoms with Crippen molar-refractivity contribution in [2.45, 2.75) is 24.3 Å². The summed E-state index contributed by atoms with van der Waals surface area (Å²) in [6.07, 6.45) is 3.65. The number of likely N-dealkylation sites (N-methyl/N-ethyl adjacent to an activating group) is 1. The van der Waals surface area contributed by atoms with Gasteiger partial charge in [-0.2, -0.15) is 0 Å². The third-order valence-corrected chi connectivity index (χ3v) is 7.85. The summed E-state index contributed by atoms with van der Waals surface area (Å²) in [6, 6.07) is 29.0. The summed E-state index contributed by atoms with van der Waals surface area (Å²) in [5.41, 5.74) is 1.65. The number of benzene rings is 4. The van der Waals surface area contributed by atoms with Crippen LogP contribution < -0.4 is 10.0 Å². The molecule has 3 N–H and O–H groups in total. The maximum Gasteiger partial charge on any atom is 0.268 e. The van der Waals surface area contributed by atoms with Gasteiger partial charge in [0.15, 0.2) is 5.60 Å². The number of amides is 1. The molecule has 9 heteroatoms. The van der Waals surface area contributed by atoms with Crippen LogP contribution in [0.3, 0.4) is 0 Å². The molecule has 7 nitrogen and oxygen atoms in total. The van der Waals surface area contributed by atoms with Gasteiger partial charge in [0.2, 0.25) is 10.0 Å². The molecule has 1 amide bonds. The summed E-state index contributed by atoms with van der Waals surface area (Å²) in [5.74, 6) is -0.543. The van der Waals surface area contributed by atoms with Crippen molar-refractivity contribution in [2.24, 2.45) is 5.14 Å². The highest BCUT2D eigenvalue weighted by atomic mass is 35.5. The molecule has 4 aromatic carbocycles. The van der Waals surface area contributed by atoms with Crippen molar-refractivity contribution >= 4 is 44.0 Å². The standard InChI is InChI=1S/C15H13ClN2O4S.C15H11N.C2H6/c1-18-13-7-4-10(16)8-12(13)15(20,14(18)19)9-2-5-11(6-3-9)23(17,21)22;1-2-4-14-11-15(6-5-12(14)3-1)13-7-9-16-10-8-13;1-2/h2-8,20H,1H3,(H2,17,21,22);1-11H;1-2H3. The van der Waals surface area contributed by atoms with Gasteiger partial charge in [0.25, 0.3) is 5.91 Å². The first-order valence-electron chi connectivity index (χ1n) is 12.9. The molecule has 0 fully saturated rings. The minimum Gasteiger partial charge on any atom is -0.372 e. The molecule has 0 aliphatic carbocycles. The molecular weight excluding hydrogens is 558 g/mol. The molecule has 210 valence electrons. The summed E-state index contributed by atoms with van der Waals surface area (Å²) in [7, 11) is -2.31. The number of carbonyl (C=O) groups is 1. The Morgan fingerprint density at radius 3 is 2.10 bits per heavy atom. The number of nitrogens with two attached hydrogens (primary N) is 1. The first-order chi connectivity index (χ1) is 19.6. The largest absolute Gasteiger partial charge is 0.372 e. The number of carbonyl (C=O) groups excluding carboxylic acids is 1. The van der Waals surface area contributed by atoms with Gasteiger partial charge in [-0.1, -0.05) is 74.0 Å². The fourth-order valence-electron chi connectivity index (χ4n) is 4.64. The Hall–Kier alpha value is -4.08. The predicted octanol–water partition coefficient (Wildman–Crippen LogP) is 6.13. The molecular formula is C32H30ClN3O4S. The van der Waals surface area contributed by atoms with Gasteiger partial charge in [0.05, 0.1) is 10.6 Å². The number of fused-ring (bicyclic) bond motifs is 2. The van der Waals surface area contributed by atoms with Gasteiger partial charge >= 0.3 is 0 Å². The molecule has 1 aromatic heterocycles. The SMILES string of the molecule is CC.CN1C(=O)C(O)(c2ccc(S(N)(=O)=O)cc2)c2cc(Cl)ccc21.c1ccc2cc(-c3ccncc3)ccc2c1. The number of nitrogens with zero attached hydrogens (tertiary/aromatic N) is 2. The highest BCUT2D eigenvalue weighted by molar-refractivity contribution is 7.89. The second-order valence-electron chi connectivity index (χ2n) is 9.10. The van der Waals surface area contributed by atoms with Gasteiger partial charge in [0.1, 0.15) is 0 Å². The number of aliphatic hydroxyl groups is 1. The van der Waals surface area contributed by atoms with Crippen LogP contribution in [0, 0.1) is 0 Å². The molecule has 41 heavy (non-hydrogen) atoms. The molecule has 6 rings (SSSR count). The van der Waals surface area contributed by atoms with E-state index in [0.29, 0.717) is 16.3 Å². The van der Waals surface area contributed by atoms with E-state index in [1.165, 1.54) is 57.1 Å². The topological polar surface area (TPSA) is 114 Å². The molecule has 0 bridgehead atoms. The summed E-state index contributed by atoms with van der Waals surface area (Å²) in [6.45, 7) is 4.00. The molecule has 1 aliphatic heterocycles. The van der Waals surface area contributed by atoms with Crippen LogP contribution in [0.4, 0.5) is 5.69 Å². The summed E-state index contributed by atoms with van der Waals surface area (Å²) < 4.78 is 22.7. The molecule has 0 radical (unpaired) electrons. The van der Waals surface area contributed by atoms with Crippen LogP contribution in [0.2, 0.25) is 5.02 Å². The van der Waals surface area contributed by atoms with Gasteiger partial charge < -0.3 is 10.0 Å². The number of aromatic nitrogens is 1. The quantitative estimate of drug-likeness (QED) is 0.264. The van der Waals surface area contributed by atoms with Gasteiger partial charge in [-0.15, -0.1) is 0 Å². The highest BCUT2D eigenvalue weighted by Gasteiger charge is 2.50. The lowest BCUT2D eigenvalue weighted by atomic mass is 9.87. The van der Waals surface area contributed by atoms with Crippen molar-refractivity contribution in [3.05, 3.63) is 126 Å². The lowest BCUT2D eigenvalue weighted by Crippen LogP contribution is -2.39. The number of pyridine rings is 1. The van der Waals surface area contributed by atoms with E-state index in [1.807, 2.05) is 38.4 Å². The van der Waals surface area contributed by atoms with Crippen LogP contribution in [0.15, 0.2) is 114 Å². The highest BCUT2D eigenvalue weighted by Crippen LogP contribution is 2.44. The Morgan fingerprint density at radius 2 is 1.46 bits per heavy atom. The average molecular weight is 588 g/mol. The van der Waals surface area contributed by atoms with E-state index in [0.717, 1.165) is 0 Å². The van der Waals surface area contributed by atoms with E-state index in [1.54, 1.807) is 19.2 Å². The average Bonchev–Trinajstić information content (AvgIpc) is 3.19. The van der Waals surface area contributed by atoms with Gasteiger partial charge in [0, 0.05) is 30.0 Å². The van der Waals surface area contributed by atoms with Crippen molar-refractivity contribution in [2.75, 3.05) is 11.9 Å². The zero-order valence-electron chi connectivity index (χ0n) is 22.8. The van der Waals surface area contributed by atoms with Crippen LogP contribution >= 0.6 is 11.6 Å². The Balaban J connectivity index is 0.000000188. The number of sulfonamides is 1. The minimum absolute atomic E-state index is 0.102. The molecule has 5 aromatic rings. The normalized spacial score (nSPS) is 15.9. The Morgan fingerprint density at radius 1 is 0.829 bits per heavy atom. The monoisotopic (exact) mass is 587 g/mol. The Bertz CT molecular complexity index is 1800. The number of primary sulfonamides is 1. The van der Waals surface area contributed by atoms with E-state index >= 15 is 0 Å². The molecule has 1 atom stereocenters. The second kappa shape index (κ2) is 12.2. The third kappa shape index (κ3) is 6.01. The first kappa shape index (κ1) is 29.9. The van der Waals surface area contributed by atoms with Crippen molar-refractivity contribution in [1.82, 2.24) is 4.98 Å². The van der Waals surface area contributed by atoms with Gasteiger partial charge in [-0.05, 0) is 76.0 Å². The fraction of sp³-hybridized carbons (Fsp3) is 0.125. The maximum atomic E-state index is 12.6. The molecule has 2 heterocycles. The van der Waals surface area contributed by atoms with E-state index in [-0.39, 0.29) is 10.5 Å². The Labute approximate surface area is 244 Å². The lowest BCUT2D eigenvalue weighted by Gasteiger charge is -2.22. The summed E-state index contributed by atoms with van der Waals surface area (Å²) in [5, 5.41) is 19.0. The molecule has 0 spiro atoms. The Kier molecular flexibility index (Phi) is 8.89. The van der Waals surface area contributed by atoms with Gasteiger partial charge in [-0.25, -0.2) is 13.6 Å². The van der Waals surface area contributed by atoms with Crippen LogP contribution in [0.25, 0.3) is 21.9 Å². The molecule has 1 unspecified atom stereocenters. The molecule has 1 aliphatic rings. The van der Waals surface area contributed by atoms with Crippen molar-refractivity contribution in [1.29, 1.82) is 0 Å².